The van der Waals surface area contributed by atoms with E-state index < -0.39 is 0 Å². The number of aromatic nitrogens is 1. The molecule has 0 aliphatic rings. The quantitative estimate of drug-likeness (QED) is 0.572. The summed E-state index contributed by atoms with van der Waals surface area (Å²) < 4.78 is 5.40. The summed E-state index contributed by atoms with van der Waals surface area (Å²) in [5.41, 5.74) is 0.491. The highest BCUT2D eigenvalue weighted by atomic mass is 35.5. The number of halogens is 1. The molecule has 6 heteroatoms. The number of nitrogens with zero attached hydrogens (tertiary/aromatic N) is 1. The topological polar surface area (TPSA) is 63.2 Å². The Hall–Kier alpha value is -1.33. The summed E-state index contributed by atoms with van der Waals surface area (Å²) in [6.45, 7) is 8.51. The van der Waals surface area contributed by atoms with E-state index in [2.05, 4.69) is 29.5 Å². The van der Waals surface area contributed by atoms with Crippen LogP contribution in [0.2, 0.25) is 5.15 Å². The van der Waals surface area contributed by atoms with E-state index in [1.807, 2.05) is 6.92 Å². The van der Waals surface area contributed by atoms with Crippen molar-refractivity contribution in [1.29, 1.82) is 0 Å². The molecule has 0 aliphatic heterocycles. The third-order valence-electron chi connectivity index (χ3n) is 2.40. The zero-order chi connectivity index (χ0) is 15.0. The fourth-order valence-electron chi connectivity index (χ4n) is 1.56. The minimum Gasteiger partial charge on any atom is -0.379 e. The molecule has 1 aromatic heterocycles. The van der Waals surface area contributed by atoms with Crippen molar-refractivity contribution in [3.8, 4) is 0 Å². The summed E-state index contributed by atoms with van der Waals surface area (Å²) in [7, 11) is 0. The first-order chi connectivity index (χ1) is 9.52. The molecule has 0 spiro atoms. The number of hydrogen-bond acceptors (Lipinski definition) is 4. The van der Waals surface area contributed by atoms with E-state index in [9.17, 15) is 4.79 Å². The van der Waals surface area contributed by atoms with Gasteiger partial charge in [-0.2, -0.15) is 0 Å². The van der Waals surface area contributed by atoms with Crippen LogP contribution in [0, 0.1) is 5.92 Å². The van der Waals surface area contributed by atoms with Crippen LogP contribution >= 0.6 is 11.6 Å². The van der Waals surface area contributed by atoms with Crippen molar-refractivity contribution in [2.24, 2.45) is 5.92 Å². The van der Waals surface area contributed by atoms with E-state index >= 15 is 0 Å². The monoisotopic (exact) mass is 299 g/mol. The molecule has 0 bridgehead atoms. The SMILES string of the molecule is CCNc1cc(C(=O)NCCOCC(C)C)cc(Cl)n1. The largest absolute Gasteiger partial charge is 0.379 e. The second-order valence-electron chi connectivity index (χ2n) is 4.82. The molecule has 0 unspecified atom stereocenters. The number of carbonyl (C=O) groups is 1. The normalized spacial score (nSPS) is 10.7. The summed E-state index contributed by atoms with van der Waals surface area (Å²) in [6.07, 6.45) is 0. The number of hydrogen-bond donors (Lipinski definition) is 2. The van der Waals surface area contributed by atoms with E-state index in [1.165, 1.54) is 0 Å². The smallest absolute Gasteiger partial charge is 0.251 e. The molecule has 0 fully saturated rings. The molecule has 0 atom stereocenters. The molecule has 1 heterocycles. The minimum absolute atomic E-state index is 0.179. The third-order valence-corrected chi connectivity index (χ3v) is 2.59. The van der Waals surface area contributed by atoms with Crippen LogP contribution in [0.25, 0.3) is 0 Å². The van der Waals surface area contributed by atoms with E-state index in [4.69, 9.17) is 16.3 Å². The van der Waals surface area contributed by atoms with E-state index in [0.29, 0.717) is 42.2 Å². The number of amides is 1. The van der Waals surface area contributed by atoms with Crippen molar-refractivity contribution >= 4 is 23.3 Å². The minimum atomic E-state index is -0.179. The van der Waals surface area contributed by atoms with Crippen LogP contribution in [0.1, 0.15) is 31.1 Å². The van der Waals surface area contributed by atoms with Gasteiger partial charge in [0.15, 0.2) is 0 Å². The van der Waals surface area contributed by atoms with Crippen molar-refractivity contribution in [2.75, 3.05) is 31.6 Å². The van der Waals surface area contributed by atoms with Crippen molar-refractivity contribution < 1.29 is 9.53 Å². The maximum absolute atomic E-state index is 12.0. The van der Waals surface area contributed by atoms with Crippen LogP contribution in [0.3, 0.4) is 0 Å². The van der Waals surface area contributed by atoms with Crippen molar-refractivity contribution in [2.45, 2.75) is 20.8 Å². The first-order valence-electron chi connectivity index (χ1n) is 6.80. The van der Waals surface area contributed by atoms with Gasteiger partial charge in [0.25, 0.3) is 5.91 Å². The summed E-state index contributed by atoms with van der Waals surface area (Å²) in [5.74, 6) is 0.912. The summed E-state index contributed by atoms with van der Waals surface area (Å²) in [5, 5.41) is 6.12. The number of rotatable bonds is 8. The van der Waals surface area contributed by atoms with Gasteiger partial charge >= 0.3 is 0 Å². The van der Waals surface area contributed by atoms with E-state index in [1.54, 1.807) is 12.1 Å². The first-order valence-corrected chi connectivity index (χ1v) is 7.18. The van der Waals surface area contributed by atoms with Gasteiger partial charge in [-0.3, -0.25) is 4.79 Å². The van der Waals surface area contributed by atoms with Crippen molar-refractivity contribution in [1.82, 2.24) is 10.3 Å². The molecule has 1 amide bonds. The van der Waals surface area contributed by atoms with Gasteiger partial charge in [-0.25, -0.2) is 4.98 Å². The summed E-state index contributed by atoms with van der Waals surface area (Å²) in [6, 6.07) is 3.23. The van der Waals surface area contributed by atoms with Gasteiger partial charge < -0.3 is 15.4 Å². The standard InChI is InChI=1S/C14H22ClN3O2/c1-4-16-13-8-11(7-12(15)18-13)14(19)17-5-6-20-9-10(2)3/h7-8,10H,4-6,9H2,1-3H3,(H,16,18)(H,17,19). The predicted octanol–water partition coefficient (Wildman–Crippen LogP) is 2.57. The zero-order valence-corrected chi connectivity index (χ0v) is 13.0. The van der Waals surface area contributed by atoms with Gasteiger partial charge in [0.2, 0.25) is 0 Å². The number of pyridine rings is 1. The average Bonchev–Trinajstić information content (AvgIpc) is 2.37. The lowest BCUT2D eigenvalue weighted by atomic mass is 10.2. The summed E-state index contributed by atoms with van der Waals surface area (Å²) in [4.78, 5) is 16.1. The number of carbonyl (C=O) groups excluding carboxylic acids is 1. The lowest BCUT2D eigenvalue weighted by molar-refractivity contribution is 0.0886. The van der Waals surface area contributed by atoms with Crippen LogP contribution in [0.5, 0.6) is 0 Å². The average molecular weight is 300 g/mol. The maximum Gasteiger partial charge on any atom is 0.251 e. The van der Waals surface area contributed by atoms with Crippen molar-refractivity contribution in [3.63, 3.8) is 0 Å². The second-order valence-corrected chi connectivity index (χ2v) is 5.21. The highest BCUT2D eigenvalue weighted by molar-refractivity contribution is 6.29. The fourth-order valence-corrected chi connectivity index (χ4v) is 1.77. The van der Waals surface area contributed by atoms with Crippen LogP contribution in [-0.2, 0) is 4.74 Å². The lowest BCUT2D eigenvalue weighted by Gasteiger charge is -2.09. The maximum atomic E-state index is 12.0. The molecule has 0 aromatic carbocycles. The Morgan fingerprint density at radius 3 is 2.85 bits per heavy atom. The van der Waals surface area contributed by atoms with Gasteiger partial charge in [-0.05, 0) is 25.0 Å². The Morgan fingerprint density at radius 2 is 2.20 bits per heavy atom. The lowest BCUT2D eigenvalue weighted by Crippen LogP contribution is -2.27. The Kier molecular flexibility index (Phi) is 7.33. The van der Waals surface area contributed by atoms with E-state index in [-0.39, 0.29) is 5.91 Å². The molecule has 0 saturated heterocycles. The molecule has 5 nitrogen and oxygen atoms in total. The molecule has 0 radical (unpaired) electrons. The zero-order valence-electron chi connectivity index (χ0n) is 12.2. The van der Waals surface area contributed by atoms with Gasteiger partial charge in [0, 0.05) is 25.3 Å². The van der Waals surface area contributed by atoms with Gasteiger partial charge in [0.05, 0.1) is 6.61 Å². The third kappa shape index (κ3) is 6.21. The Labute approximate surface area is 125 Å². The van der Waals surface area contributed by atoms with Crippen LogP contribution in [-0.4, -0.2) is 37.2 Å². The predicted molar refractivity (Wildman–Crippen MR) is 81.4 cm³/mol. The molecule has 112 valence electrons. The molecule has 1 rings (SSSR count). The molecular formula is C14H22ClN3O2. The fraction of sp³-hybridized carbons (Fsp3) is 0.571. The van der Waals surface area contributed by atoms with Gasteiger partial charge in [-0.1, -0.05) is 25.4 Å². The van der Waals surface area contributed by atoms with Crippen LogP contribution in [0.15, 0.2) is 12.1 Å². The molecule has 0 aliphatic carbocycles. The highest BCUT2D eigenvalue weighted by Gasteiger charge is 2.08. The van der Waals surface area contributed by atoms with Gasteiger partial charge in [-0.15, -0.1) is 0 Å². The van der Waals surface area contributed by atoms with Gasteiger partial charge in [0.1, 0.15) is 11.0 Å². The van der Waals surface area contributed by atoms with Crippen molar-refractivity contribution in [3.05, 3.63) is 22.8 Å². The molecule has 2 N–H and O–H groups in total. The number of ether oxygens (including phenoxy) is 1. The van der Waals surface area contributed by atoms with Crippen LogP contribution in [0.4, 0.5) is 5.82 Å². The Bertz CT molecular complexity index is 438. The Morgan fingerprint density at radius 1 is 1.45 bits per heavy atom. The second kappa shape index (κ2) is 8.76. The molecular weight excluding hydrogens is 278 g/mol. The Balaban J connectivity index is 2.46. The molecule has 20 heavy (non-hydrogen) atoms. The molecule has 0 saturated carbocycles. The molecule has 1 aromatic rings. The summed E-state index contributed by atoms with van der Waals surface area (Å²) >= 11 is 5.89. The number of nitrogens with one attached hydrogen (secondary N) is 2. The number of anilines is 1. The van der Waals surface area contributed by atoms with E-state index in [0.717, 1.165) is 6.54 Å². The highest BCUT2D eigenvalue weighted by Crippen LogP contribution is 2.14. The first kappa shape index (κ1) is 16.7. The van der Waals surface area contributed by atoms with Crippen LogP contribution < -0.4 is 10.6 Å².